The van der Waals surface area contributed by atoms with Gasteiger partial charge in [0.25, 0.3) is 0 Å². The molecule has 92 valence electrons. The molecule has 2 aromatic rings. The molecule has 0 aliphatic rings. The van der Waals surface area contributed by atoms with E-state index in [1.54, 1.807) is 24.7 Å². The first-order chi connectivity index (χ1) is 8.63. The van der Waals surface area contributed by atoms with Gasteiger partial charge in [0.05, 0.1) is 7.11 Å². The summed E-state index contributed by atoms with van der Waals surface area (Å²) in [7, 11) is 1.35. The molecule has 0 fully saturated rings. The molecule has 0 amide bonds. The molecular formula is C14H14N2O2. The van der Waals surface area contributed by atoms with E-state index in [9.17, 15) is 4.79 Å². The van der Waals surface area contributed by atoms with Crippen molar-refractivity contribution in [3.63, 3.8) is 0 Å². The van der Waals surface area contributed by atoms with E-state index in [1.807, 2.05) is 19.9 Å². The highest BCUT2D eigenvalue weighted by Crippen LogP contribution is 2.25. The first kappa shape index (κ1) is 12.2. The second-order valence-corrected chi connectivity index (χ2v) is 4.07. The van der Waals surface area contributed by atoms with Crippen LogP contribution in [0, 0.1) is 13.8 Å². The summed E-state index contributed by atoms with van der Waals surface area (Å²) in [6.07, 6.45) is 5.21. The van der Waals surface area contributed by atoms with Crippen molar-refractivity contribution < 1.29 is 9.53 Å². The zero-order valence-electron chi connectivity index (χ0n) is 10.6. The molecule has 0 radical (unpaired) electrons. The van der Waals surface area contributed by atoms with Crippen molar-refractivity contribution in [3.05, 3.63) is 47.5 Å². The topological polar surface area (TPSA) is 52.1 Å². The Bertz CT molecular complexity index is 594. The normalized spacial score (nSPS) is 10.2. The van der Waals surface area contributed by atoms with Crippen molar-refractivity contribution in [2.24, 2.45) is 0 Å². The number of ether oxygens (including phenoxy) is 1. The number of carbonyl (C=O) groups is 1. The summed E-state index contributed by atoms with van der Waals surface area (Å²) in [6, 6.07) is 3.68. The molecule has 0 aliphatic carbocycles. The zero-order valence-corrected chi connectivity index (χ0v) is 10.6. The number of rotatable bonds is 2. The minimum absolute atomic E-state index is 0.307. The summed E-state index contributed by atoms with van der Waals surface area (Å²) in [4.78, 5) is 19.7. The monoisotopic (exact) mass is 242 g/mol. The summed E-state index contributed by atoms with van der Waals surface area (Å²) in [5, 5.41) is 0. The lowest BCUT2D eigenvalue weighted by atomic mass is 9.99. The summed E-state index contributed by atoms with van der Waals surface area (Å²) in [6.45, 7) is 3.96. The Balaban J connectivity index is 2.57. The van der Waals surface area contributed by atoms with E-state index in [0.717, 1.165) is 22.3 Å². The molecule has 0 saturated carbocycles. The highest BCUT2D eigenvalue weighted by Gasteiger charge is 2.12. The lowest BCUT2D eigenvalue weighted by Crippen LogP contribution is -2.05. The van der Waals surface area contributed by atoms with Crippen LogP contribution >= 0.6 is 0 Å². The quantitative estimate of drug-likeness (QED) is 0.759. The van der Waals surface area contributed by atoms with Gasteiger partial charge >= 0.3 is 5.97 Å². The van der Waals surface area contributed by atoms with Crippen LogP contribution in [0.1, 0.15) is 21.6 Å². The van der Waals surface area contributed by atoms with Gasteiger partial charge in [-0.2, -0.15) is 0 Å². The van der Waals surface area contributed by atoms with Crippen molar-refractivity contribution in [3.8, 4) is 11.1 Å². The number of aryl methyl sites for hydroxylation is 2. The molecule has 18 heavy (non-hydrogen) atoms. The molecule has 4 nitrogen and oxygen atoms in total. The third-order valence-electron chi connectivity index (χ3n) is 2.83. The van der Waals surface area contributed by atoms with E-state index in [0.29, 0.717) is 5.69 Å². The van der Waals surface area contributed by atoms with Crippen LogP contribution in [0.4, 0.5) is 0 Å². The van der Waals surface area contributed by atoms with E-state index in [-0.39, 0.29) is 0 Å². The van der Waals surface area contributed by atoms with Gasteiger partial charge in [-0.3, -0.25) is 4.98 Å². The molecule has 0 saturated heterocycles. The molecular weight excluding hydrogens is 228 g/mol. The molecule has 0 N–H and O–H groups in total. The minimum atomic E-state index is -0.433. The molecule has 2 rings (SSSR count). The van der Waals surface area contributed by atoms with E-state index in [1.165, 1.54) is 7.11 Å². The van der Waals surface area contributed by atoms with E-state index in [2.05, 4.69) is 14.7 Å². The van der Waals surface area contributed by atoms with Crippen LogP contribution in [0.2, 0.25) is 0 Å². The number of carbonyl (C=O) groups excluding carboxylic acids is 1. The van der Waals surface area contributed by atoms with Gasteiger partial charge in [0, 0.05) is 24.2 Å². The summed E-state index contributed by atoms with van der Waals surface area (Å²) < 4.78 is 4.68. The Labute approximate surface area is 106 Å². The zero-order chi connectivity index (χ0) is 13.1. The fourth-order valence-corrected chi connectivity index (χ4v) is 1.78. The van der Waals surface area contributed by atoms with Crippen molar-refractivity contribution in [1.29, 1.82) is 0 Å². The fraction of sp³-hybridized carbons (Fsp3) is 0.214. The number of aromatic nitrogens is 2. The molecule has 4 heteroatoms. The SMILES string of the molecule is COC(=O)c1cc(-c2cnccc2C)c(C)cn1. The fourth-order valence-electron chi connectivity index (χ4n) is 1.78. The molecule has 2 aromatic heterocycles. The third kappa shape index (κ3) is 2.22. The minimum Gasteiger partial charge on any atom is -0.464 e. The summed E-state index contributed by atoms with van der Waals surface area (Å²) in [5.74, 6) is -0.433. The number of pyridine rings is 2. The Morgan fingerprint density at radius 2 is 1.94 bits per heavy atom. The smallest absolute Gasteiger partial charge is 0.356 e. The predicted octanol–water partition coefficient (Wildman–Crippen LogP) is 2.55. The number of hydrogen-bond donors (Lipinski definition) is 0. The van der Waals surface area contributed by atoms with Gasteiger partial charge in [-0.05, 0) is 42.7 Å². The standard InChI is InChI=1S/C14H14N2O2/c1-9-4-5-15-8-12(9)11-6-13(14(17)18-3)16-7-10(11)2/h4-8H,1-3H3. The molecule has 2 heterocycles. The van der Waals surface area contributed by atoms with E-state index < -0.39 is 5.97 Å². The molecule has 0 unspecified atom stereocenters. The van der Waals surface area contributed by atoms with Gasteiger partial charge in [-0.1, -0.05) is 0 Å². The maximum Gasteiger partial charge on any atom is 0.356 e. The predicted molar refractivity (Wildman–Crippen MR) is 68.3 cm³/mol. The number of esters is 1. The van der Waals surface area contributed by atoms with Gasteiger partial charge < -0.3 is 4.74 Å². The Morgan fingerprint density at radius 3 is 2.61 bits per heavy atom. The van der Waals surface area contributed by atoms with Crippen molar-refractivity contribution in [2.45, 2.75) is 13.8 Å². The van der Waals surface area contributed by atoms with Crippen molar-refractivity contribution in [2.75, 3.05) is 7.11 Å². The molecule has 0 aliphatic heterocycles. The first-order valence-electron chi connectivity index (χ1n) is 5.59. The summed E-state index contributed by atoms with van der Waals surface area (Å²) >= 11 is 0. The van der Waals surface area contributed by atoms with Crippen LogP contribution in [0.5, 0.6) is 0 Å². The van der Waals surface area contributed by atoms with Gasteiger partial charge in [-0.25, -0.2) is 9.78 Å². The largest absolute Gasteiger partial charge is 0.464 e. The highest BCUT2D eigenvalue weighted by atomic mass is 16.5. The van der Waals surface area contributed by atoms with Crippen LogP contribution in [-0.2, 0) is 4.74 Å². The maximum absolute atomic E-state index is 11.5. The number of methoxy groups -OCH3 is 1. The van der Waals surface area contributed by atoms with Gasteiger partial charge in [-0.15, -0.1) is 0 Å². The van der Waals surface area contributed by atoms with Gasteiger partial charge in [0.15, 0.2) is 0 Å². The van der Waals surface area contributed by atoms with E-state index in [4.69, 9.17) is 0 Å². The molecule has 0 atom stereocenters. The van der Waals surface area contributed by atoms with Crippen LogP contribution < -0.4 is 0 Å². The number of hydrogen-bond acceptors (Lipinski definition) is 4. The average molecular weight is 242 g/mol. The lowest BCUT2D eigenvalue weighted by Gasteiger charge is -2.09. The second-order valence-electron chi connectivity index (χ2n) is 4.07. The first-order valence-corrected chi connectivity index (χ1v) is 5.59. The number of nitrogens with zero attached hydrogens (tertiary/aromatic N) is 2. The maximum atomic E-state index is 11.5. The third-order valence-corrected chi connectivity index (χ3v) is 2.83. The lowest BCUT2D eigenvalue weighted by molar-refractivity contribution is 0.0594. The van der Waals surface area contributed by atoms with Gasteiger partial charge in [0.2, 0.25) is 0 Å². The van der Waals surface area contributed by atoms with Gasteiger partial charge in [0.1, 0.15) is 5.69 Å². The molecule has 0 bridgehead atoms. The molecule has 0 spiro atoms. The van der Waals surface area contributed by atoms with Crippen molar-refractivity contribution >= 4 is 5.97 Å². The van der Waals surface area contributed by atoms with Crippen LogP contribution in [0.15, 0.2) is 30.7 Å². The highest BCUT2D eigenvalue weighted by molar-refractivity contribution is 5.89. The summed E-state index contributed by atoms with van der Waals surface area (Å²) in [5.41, 5.74) is 4.37. The Hall–Kier alpha value is -2.23. The van der Waals surface area contributed by atoms with Crippen molar-refractivity contribution in [1.82, 2.24) is 9.97 Å². The molecule has 0 aromatic carbocycles. The van der Waals surface area contributed by atoms with Crippen LogP contribution in [0.3, 0.4) is 0 Å². The second kappa shape index (κ2) is 4.96. The van der Waals surface area contributed by atoms with Crippen LogP contribution in [-0.4, -0.2) is 23.0 Å². The average Bonchev–Trinajstić information content (AvgIpc) is 2.39. The van der Waals surface area contributed by atoms with E-state index >= 15 is 0 Å². The van der Waals surface area contributed by atoms with Crippen LogP contribution in [0.25, 0.3) is 11.1 Å². The Kier molecular flexibility index (Phi) is 3.37. The Morgan fingerprint density at radius 1 is 1.17 bits per heavy atom.